The van der Waals surface area contributed by atoms with Gasteiger partial charge in [-0.25, -0.2) is 9.78 Å². The maximum Gasteiger partial charge on any atom is 0.335 e. The highest BCUT2D eigenvalue weighted by Gasteiger charge is 2.11. The van der Waals surface area contributed by atoms with Crippen LogP contribution in [0, 0.1) is 6.92 Å². The number of benzene rings is 2. The van der Waals surface area contributed by atoms with Gasteiger partial charge in [0.05, 0.1) is 18.8 Å². The third kappa shape index (κ3) is 3.70. The second-order valence-corrected chi connectivity index (χ2v) is 5.38. The van der Waals surface area contributed by atoms with E-state index in [9.17, 15) is 4.79 Å². The van der Waals surface area contributed by atoms with Crippen LogP contribution >= 0.6 is 0 Å². The number of aryl methyl sites for hydroxylation is 1. The lowest BCUT2D eigenvalue weighted by molar-refractivity contribution is 0.0696. The van der Waals surface area contributed by atoms with E-state index in [0.717, 1.165) is 22.6 Å². The Labute approximate surface area is 139 Å². The highest BCUT2D eigenvalue weighted by atomic mass is 16.5. The maximum absolute atomic E-state index is 10.8. The SMILES string of the molecule is Cc1oc(-c2ccccc2)nc1COCc1ccc(C(=O)O)cc1. The van der Waals surface area contributed by atoms with Crippen molar-refractivity contribution in [3.63, 3.8) is 0 Å². The predicted octanol–water partition coefficient (Wildman–Crippen LogP) is 4.07. The summed E-state index contributed by atoms with van der Waals surface area (Å²) in [6.07, 6.45) is 0. The number of carboxylic acid groups (broad SMARTS) is 1. The van der Waals surface area contributed by atoms with Gasteiger partial charge in [-0.3, -0.25) is 0 Å². The largest absolute Gasteiger partial charge is 0.478 e. The zero-order valence-electron chi connectivity index (χ0n) is 13.2. The number of rotatable bonds is 6. The van der Waals surface area contributed by atoms with E-state index < -0.39 is 5.97 Å². The van der Waals surface area contributed by atoms with Crippen molar-refractivity contribution >= 4 is 5.97 Å². The summed E-state index contributed by atoms with van der Waals surface area (Å²) in [5.74, 6) is 0.377. The Hall–Kier alpha value is -2.92. The first-order valence-electron chi connectivity index (χ1n) is 7.55. The van der Waals surface area contributed by atoms with Crippen molar-refractivity contribution < 1.29 is 19.1 Å². The summed E-state index contributed by atoms with van der Waals surface area (Å²) in [4.78, 5) is 15.3. The van der Waals surface area contributed by atoms with E-state index in [-0.39, 0.29) is 5.56 Å². The molecule has 0 fully saturated rings. The van der Waals surface area contributed by atoms with E-state index in [4.69, 9.17) is 14.3 Å². The Bertz CT molecular complexity index is 822. The number of hydrogen-bond donors (Lipinski definition) is 1. The molecule has 5 heteroatoms. The van der Waals surface area contributed by atoms with Crippen molar-refractivity contribution in [3.05, 3.63) is 77.2 Å². The first kappa shape index (κ1) is 16.0. The molecule has 0 aliphatic carbocycles. The van der Waals surface area contributed by atoms with Crippen molar-refractivity contribution in [2.45, 2.75) is 20.1 Å². The Morgan fingerprint density at radius 1 is 1.08 bits per heavy atom. The molecule has 0 saturated heterocycles. The molecule has 122 valence electrons. The minimum Gasteiger partial charge on any atom is -0.478 e. The van der Waals surface area contributed by atoms with Crippen LogP contribution < -0.4 is 0 Å². The van der Waals surface area contributed by atoms with Gasteiger partial charge in [0.25, 0.3) is 0 Å². The summed E-state index contributed by atoms with van der Waals surface area (Å²) in [5.41, 5.74) is 2.86. The Morgan fingerprint density at radius 2 is 1.79 bits per heavy atom. The predicted molar refractivity (Wildman–Crippen MR) is 88.6 cm³/mol. The van der Waals surface area contributed by atoms with Crippen molar-refractivity contribution in [2.75, 3.05) is 0 Å². The molecule has 0 aliphatic heterocycles. The van der Waals surface area contributed by atoms with Crippen LogP contribution in [-0.2, 0) is 18.0 Å². The lowest BCUT2D eigenvalue weighted by atomic mass is 10.1. The fourth-order valence-corrected chi connectivity index (χ4v) is 2.28. The van der Waals surface area contributed by atoms with Crippen LogP contribution in [0.3, 0.4) is 0 Å². The fraction of sp³-hybridized carbons (Fsp3) is 0.158. The van der Waals surface area contributed by atoms with Gasteiger partial charge in [-0.05, 0) is 36.8 Å². The molecule has 2 aromatic carbocycles. The summed E-state index contributed by atoms with van der Waals surface area (Å²) < 4.78 is 11.4. The quantitative estimate of drug-likeness (QED) is 0.740. The first-order valence-corrected chi connectivity index (χ1v) is 7.55. The monoisotopic (exact) mass is 323 g/mol. The molecular weight excluding hydrogens is 306 g/mol. The van der Waals surface area contributed by atoms with Gasteiger partial charge in [0.15, 0.2) is 0 Å². The normalized spacial score (nSPS) is 10.7. The number of carboxylic acids is 1. The highest BCUT2D eigenvalue weighted by molar-refractivity contribution is 5.87. The highest BCUT2D eigenvalue weighted by Crippen LogP contribution is 2.22. The summed E-state index contributed by atoms with van der Waals surface area (Å²) in [7, 11) is 0. The van der Waals surface area contributed by atoms with Gasteiger partial charge in [-0.15, -0.1) is 0 Å². The molecule has 0 saturated carbocycles. The molecule has 1 N–H and O–H groups in total. The number of ether oxygens (including phenoxy) is 1. The van der Waals surface area contributed by atoms with E-state index >= 15 is 0 Å². The van der Waals surface area contributed by atoms with Gasteiger partial charge < -0.3 is 14.3 Å². The van der Waals surface area contributed by atoms with Crippen LogP contribution in [0.15, 0.2) is 59.0 Å². The average molecular weight is 323 g/mol. The number of hydrogen-bond acceptors (Lipinski definition) is 4. The molecule has 3 rings (SSSR count). The van der Waals surface area contributed by atoms with Crippen molar-refractivity contribution in [2.24, 2.45) is 0 Å². The van der Waals surface area contributed by atoms with Crippen LogP contribution in [0.4, 0.5) is 0 Å². The third-order valence-electron chi connectivity index (χ3n) is 3.62. The molecule has 3 aromatic rings. The minimum absolute atomic E-state index is 0.263. The molecule has 0 spiro atoms. The molecule has 0 aliphatic rings. The Morgan fingerprint density at radius 3 is 2.46 bits per heavy atom. The summed E-state index contributed by atoms with van der Waals surface area (Å²) in [5, 5.41) is 8.88. The molecule has 1 aromatic heterocycles. The molecule has 0 amide bonds. The smallest absolute Gasteiger partial charge is 0.335 e. The summed E-state index contributed by atoms with van der Waals surface area (Å²) in [6, 6.07) is 16.3. The summed E-state index contributed by atoms with van der Waals surface area (Å²) in [6.45, 7) is 2.58. The van der Waals surface area contributed by atoms with Crippen LogP contribution in [0.25, 0.3) is 11.5 Å². The van der Waals surface area contributed by atoms with Gasteiger partial charge in [0.1, 0.15) is 11.5 Å². The molecular formula is C19H17NO4. The van der Waals surface area contributed by atoms with Crippen molar-refractivity contribution in [3.8, 4) is 11.5 Å². The van der Waals surface area contributed by atoms with E-state index in [1.165, 1.54) is 0 Å². The van der Waals surface area contributed by atoms with Gasteiger partial charge in [0.2, 0.25) is 5.89 Å². The zero-order chi connectivity index (χ0) is 16.9. The minimum atomic E-state index is -0.936. The lowest BCUT2D eigenvalue weighted by Gasteiger charge is -2.03. The van der Waals surface area contributed by atoms with Gasteiger partial charge in [-0.2, -0.15) is 0 Å². The fourth-order valence-electron chi connectivity index (χ4n) is 2.28. The van der Waals surface area contributed by atoms with E-state index in [0.29, 0.717) is 19.1 Å². The zero-order valence-corrected chi connectivity index (χ0v) is 13.2. The van der Waals surface area contributed by atoms with Gasteiger partial charge >= 0.3 is 5.97 Å². The van der Waals surface area contributed by atoms with Gasteiger partial charge in [-0.1, -0.05) is 30.3 Å². The van der Waals surface area contributed by atoms with Crippen molar-refractivity contribution in [1.29, 1.82) is 0 Å². The lowest BCUT2D eigenvalue weighted by Crippen LogP contribution is -1.98. The summed E-state index contributed by atoms with van der Waals surface area (Å²) >= 11 is 0. The number of aromatic carboxylic acids is 1. The Kier molecular flexibility index (Phi) is 4.72. The maximum atomic E-state index is 10.8. The number of carbonyl (C=O) groups is 1. The van der Waals surface area contributed by atoms with Crippen LogP contribution in [0.5, 0.6) is 0 Å². The standard InChI is InChI=1S/C19H17NO4/c1-13-17(20-18(24-13)15-5-3-2-4-6-15)12-23-11-14-7-9-16(10-8-14)19(21)22/h2-10H,11-12H2,1H3,(H,21,22). The molecule has 5 nitrogen and oxygen atoms in total. The van der Waals surface area contributed by atoms with Crippen molar-refractivity contribution in [1.82, 2.24) is 4.98 Å². The molecule has 1 heterocycles. The van der Waals surface area contributed by atoms with Crippen LogP contribution in [0.1, 0.15) is 27.4 Å². The second-order valence-electron chi connectivity index (χ2n) is 5.38. The topological polar surface area (TPSA) is 72.6 Å². The average Bonchev–Trinajstić information content (AvgIpc) is 2.97. The number of aromatic nitrogens is 1. The van der Waals surface area contributed by atoms with Crippen LogP contribution in [-0.4, -0.2) is 16.1 Å². The Balaban J connectivity index is 1.61. The first-order chi connectivity index (χ1) is 11.6. The van der Waals surface area contributed by atoms with Crippen LogP contribution in [0.2, 0.25) is 0 Å². The van der Waals surface area contributed by atoms with E-state index in [1.54, 1.807) is 24.3 Å². The van der Waals surface area contributed by atoms with E-state index in [2.05, 4.69) is 4.98 Å². The molecule has 0 atom stereocenters. The number of oxazole rings is 1. The number of nitrogens with zero attached hydrogens (tertiary/aromatic N) is 1. The molecule has 0 unspecified atom stereocenters. The molecule has 24 heavy (non-hydrogen) atoms. The van der Waals surface area contributed by atoms with E-state index in [1.807, 2.05) is 37.3 Å². The second kappa shape index (κ2) is 7.10. The van der Waals surface area contributed by atoms with Gasteiger partial charge in [0, 0.05) is 5.56 Å². The third-order valence-corrected chi connectivity index (χ3v) is 3.62. The molecule has 0 bridgehead atoms. The molecule has 0 radical (unpaired) electrons.